The highest BCUT2D eigenvalue weighted by Crippen LogP contribution is 2.24. The highest BCUT2D eigenvalue weighted by molar-refractivity contribution is 5.95. The number of imidazole rings is 1. The lowest BCUT2D eigenvalue weighted by atomic mass is 10.1. The molecule has 0 spiro atoms. The van der Waals surface area contributed by atoms with Crippen molar-refractivity contribution in [3.63, 3.8) is 0 Å². The van der Waals surface area contributed by atoms with E-state index in [2.05, 4.69) is 15.2 Å². The van der Waals surface area contributed by atoms with Crippen molar-refractivity contribution in [3.05, 3.63) is 83.8 Å². The van der Waals surface area contributed by atoms with Crippen LogP contribution in [0.25, 0.3) is 28.2 Å². The van der Waals surface area contributed by atoms with Gasteiger partial charge in [-0.1, -0.05) is 42.4 Å². The van der Waals surface area contributed by atoms with Gasteiger partial charge >= 0.3 is 0 Å². The third kappa shape index (κ3) is 3.74. The highest BCUT2D eigenvalue weighted by atomic mass is 16.1. The van der Waals surface area contributed by atoms with Crippen molar-refractivity contribution < 1.29 is 11.6 Å². The van der Waals surface area contributed by atoms with E-state index in [1.54, 1.807) is 12.3 Å². The largest absolute Gasteiger partial charge is 0.331 e. The number of benzene rings is 2. The van der Waals surface area contributed by atoms with Crippen molar-refractivity contribution >= 4 is 22.8 Å². The summed E-state index contributed by atoms with van der Waals surface area (Å²) in [5, 5.41) is 9.15. The molecule has 0 amide bonds. The maximum absolute atomic E-state index is 12.5. The van der Waals surface area contributed by atoms with Crippen molar-refractivity contribution in [1.29, 1.82) is 0 Å². The SMILES string of the molecule is [2H]c1c([2H])c([2H])c(/C=C/C(=O)Cc2cc3cc(-c4cnc(C)n4C)ccc3nn2)c([2H])c1[2H]. The molecule has 0 aliphatic rings. The number of fused-ring (bicyclic) bond motifs is 1. The number of nitrogens with zero attached hydrogens (tertiary/aromatic N) is 4. The number of aromatic nitrogens is 4. The maximum atomic E-state index is 12.5. The minimum absolute atomic E-state index is 0.0324. The van der Waals surface area contributed by atoms with Gasteiger partial charge in [-0.2, -0.15) is 10.2 Å². The molecule has 2 aromatic carbocycles. The van der Waals surface area contributed by atoms with Gasteiger partial charge in [0.05, 0.1) is 36.4 Å². The molecule has 0 radical (unpaired) electrons. The van der Waals surface area contributed by atoms with Gasteiger partial charge in [0.25, 0.3) is 0 Å². The molecular formula is C23H20N4O. The number of carbonyl (C=O) groups is 1. The predicted octanol–water partition coefficient (Wildman–Crippen LogP) is 4.16. The molecule has 28 heavy (non-hydrogen) atoms. The Labute approximate surface area is 170 Å². The van der Waals surface area contributed by atoms with Crippen LogP contribution in [0.4, 0.5) is 0 Å². The summed E-state index contributed by atoms with van der Waals surface area (Å²) in [7, 11) is 1.94. The summed E-state index contributed by atoms with van der Waals surface area (Å²) in [6.07, 6.45) is 4.22. The van der Waals surface area contributed by atoms with Crippen LogP contribution in [0.5, 0.6) is 0 Å². The Balaban J connectivity index is 1.59. The van der Waals surface area contributed by atoms with Gasteiger partial charge in [0, 0.05) is 18.0 Å². The monoisotopic (exact) mass is 373 g/mol. The molecule has 0 aliphatic carbocycles. The van der Waals surface area contributed by atoms with Crippen LogP contribution in [0.2, 0.25) is 0 Å². The van der Waals surface area contributed by atoms with Gasteiger partial charge in [0.2, 0.25) is 0 Å². The van der Waals surface area contributed by atoms with Crippen LogP contribution in [0.3, 0.4) is 0 Å². The standard InChI is InChI=1S/C23H20N4O/c1-16-24-15-23(27(16)2)18-9-11-22-19(12-18)13-20(25-26-22)14-21(28)10-8-17-6-4-3-5-7-17/h3-13,15H,14H2,1-2H3/b10-8+/i3D,4D,5D,6D,7D. The van der Waals surface area contributed by atoms with E-state index in [9.17, 15) is 4.79 Å². The van der Waals surface area contributed by atoms with E-state index < -0.39 is 18.1 Å². The molecule has 0 unspecified atom stereocenters. The smallest absolute Gasteiger partial charge is 0.161 e. The van der Waals surface area contributed by atoms with Crippen LogP contribution in [0.1, 0.15) is 23.9 Å². The Kier molecular flexibility index (Phi) is 3.44. The molecule has 138 valence electrons. The fourth-order valence-corrected chi connectivity index (χ4v) is 2.86. The number of allylic oxidation sites excluding steroid dienone is 1. The maximum Gasteiger partial charge on any atom is 0.161 e. The van der Waals surface area contributed by atoms with Gasteiger partial charge in [-0.05, 0) is 36.8 Å². The summed E-state index contributed by atoms with van der Waals surface area (Å²) in [4.78, 5) is 16.8. The first-order chi connectivity index (χ1) is 15.7. The third-order valence-electron chi connectivity index (χ3n) is 4.46. The lowest BCUT2D eigenvalue weighted by Crippen LogP contribution is -2.02. The fraction of sp³-hybridized carbons (Fsp3) is 0.130. The quantitative estimate of drug-likeness (QED) is 0.493. The molecule has 4 rings (SSSR count). The molecule has 4 aromatic rings. The van der Waals surface area contributed by atoms with Crippen molar-refractivity contribution in [1.82, 2.24) is 19.7 Å². The molecule has 0 N–H and O–H groups in total. The number of ketones is 1. The third-order valence-corrected chi connectivity index (χ3v) is 4.46. The number of hydrogen-bond acceptors (Lipinski definition) is 4. The molecule has 0 bridgehead atoms. The first-order valence-corrected chi connectivity index (χ1v) is 8.70. The zero-order valence-electron chi connectivity index (χ0n) is 20.4. The summed E-state index contributed by atoms with van der Waals surface area (Å²) >= 11 is 0. The number of hydrogen-bond donors (Lipinski definition) is 0. The second-order valence-electron chi connectivity index (χ2n) is 6.37. The van der Waals surface area contributed by atoms with Crippen LogP contribution in [-0.4, -0.2) is 25.5 Å². The second kappa shape index (κ2) is 7.56. The molecule has 2 heterocycles. The molecule has 0 saturated heterocycles. The normalized spacial score (nSPS) is 13.9. The molecule has 5 heteroatoms. The first kappa shape index (κ1) is 12.7. The highest BCUT2D eigenvalue weighted by Gasteiger charge is 2.09. The molecule has 0 saturated carbocycles. The summed E-state index contributed by atoms with van der Waals surface area (Å²) in [5.74, 6) is 0.573. The van der Waals surface area contributed by atoms with Gasteiger partial charge in [0.1, 0.15) is 5.82 Å². The molecule has 0 fully saturated rings. The second-order valence-corrected chi connectivity index (χ2v) is 6.37. The Morgan fingerprint density at radius 3 is 2.75 bits per heavy atom. The van der Waals surface area contributed by atoms with Crippen LogP contribution in [0.15, 0.2) is 66.8 Å². The molecule has 0 aliphatic heterocycles. The Bertz CT molecular complexity index is 1420. The summed E-state index contributed by atoms with van der Waals surface area (Å²) < 4.78 is 40.9. The lowest BCUT2D eigenvalue weighted by Gasteiger charge is -2.06. The zero-order valence-corrected chi connectivity index (χ0v) is 15.4. The topological polar surface area (TPSA) is 60.7 Å². The summed E-state index contributed by atoms with van der Waals surface area (Å²) in [6, 6.07) is 5.52. The zero-order chi connectivity index (χ0) is 23.9. The van der Waals surface area contributed by atoms with E-state index in [-0.39, 0.29) is 29.9 Å². The van der Waals surface area contributed by atoms with Crippen LogP contribution < -0.4 is 0 Å². The predicted molar refractivity (Wildman–Crippen MR) is 111 cm³/mol. The van der Waals surface area contributed by atoms with Gasteiger partial charge in [-0.3, -0.25) is 4.79 Å². The molecular weight excluding hydrogens is 348 g/mol. The van der Waals surface area contributed by atoms with Crippen molar-refractivity contribution in [3.8, 4) is 11.3 Å². The van der Waals surface area contributed by atoms with Crippen molar-refractivity contribution in [2.45, 2.75) is 13.3 Å². The number of rotatable bonds is 5. The van der Waals surface area contributed by atoms with E-state index in [0.717, 1.165) is 22.5 Å². The minimum atomic E-state index is -0.472. The molecule has 2 aromatic heterocycles. The molecule has 0 atom stereocenters. The number of carbonyl (C=O) groups excluding carboxylic acids is 1. The Morgan fingerprint density at radius 1 is 1.18 bits per heavy atom. The average molecular weight is 373 g/mol. The summed E-state index contributed by atoms with van der Waals surface area (Å²) in [5.41, 5.74) is 3.07. The van der Waals surface area contributed by atoms with E-state index >= 15 is 0 Å². The van der Waals surface area contributed by atoms with Gasteiger partial charge in [-0.25, -0.2) is 4.98 Å². The molecule has 5 nitrogen and oxygen atoms in total. The van der Waals surface area contributed by atoms with Gasteiger partial charge in [-0.15, -0.1) is 0 Å². The number of aryl methyl sites for hydroxylation is 1. The lowest BCUT2D eigenvalue weighted by molar-refractivity contribution is -0.114. The van der Waals surface area contributed by atoms with E-state index in [1.807, 2.05) is 36.7 Å². The van der Waals surface area contributed by atoms with Crippen LogP contribution >= 0.6 is 0 Å². The van der Waals surface area contributed by atoms with Gasteiger partial charge < -0.3 is 4.57 Å². The van der Waals surface area contributed by atoms with Crippen molar-refractivity contribution in [2.75, 3.05) is 0 Å². The fourth-order valence-electron chi connectivity index (χ4n) is 2.86. The Hall–Kier alpha value is -3.60. The average Bonchev–Trinajstić information content (AvgIpc) is 3.14. The van der Waals surface area contributed by atoms with E-state index in [0.29, 0.717) is 11.2 Å². The van der Waals surface area contributed by atoms with Crippen molar-refractivity contribution in [2.24, 2.45) is 7.05 Å². The van der Waals surface area contributed by atoms with Crippen LogP contribution in [0, 0.1) is 6.92 Å². The Morgan fingerprint density at radius 2 is 2.00 bits per heavy atom. The minimum Gasteiger partial charge on any atom is -0.331 e. The van der Waals surface area contributed by atoms with E-state index in [4.69, 9.17) is 6.85 Å². The van der Waals surface area contributed by atoms with Crippen LogP contribution in [-0.2, 0) is 18.3 Å². The first-order valence-electron chi connectivity index (χ1n) is 11.2. The van der Waals surface area contributed by atoms with E-state index in [1.165, 1.54) is 12.2 Å². The van der Waals surface area contributed by atoms with Gasteiger partial charge in [0.15, 0.2) is 5.78 Å². The summed E-state index contributed by atoms with van der Waals surface area (Å²) in [6.45, 7) is 1.93.